The zero-order valence-electron chi connectivity index (χ0n) is 11.1. The second-order valence-corrected chi connectivity index (χ2v) is 5.81. The van der Waals surface area contributed by atoms with Gasteiger partial charge in [-0.25, -0.2) is 0 Å². The molecule has 0 aromatic heterocycles. The Hall–Kier alpha value is -0.120. The second kappa shape index (κ2) is 5.99. The van der Waals surface area contributed by atoms with Gasteiger partial charge in [0.25, 0.3) is 0 Å². The first-order valence-corrected chi connectivity index (χ1v) is 6.60. The number of nitrogens with zero attached hydrogens (tertiary/aromatic N) is 1. The van der Waals surface area contributed by atoms with Crippen LogP contribution in [0.5, 0.6) is 0 Å². The summed E-state index contributed by atoms with van der Waals surface area (Å²) in [6, 6.07) is 0.701. The van der Waals surface area contributed by atoms with Crippen molar-refractivity contribution >= 4 is 0 Å². The summed E-state index contributed by atoms with van der Waals surface area (Å²) >= 11 is 0. The Labute approximate surface area is 100 Å². The van der Waals surface area contributed by atoms with E-state index in [0.717, 1.165) is 25.3 Å². The van der Waals surface area contributed by atoms with Crippen molar-refractivity contribution in [3.8, 4) is 0 Å². The number of piperidine rings is 1. The lowest BCUT2D eigenvalue weighted by molar-refractivity contribution is 0.106. The molecule has 0 aromatic rings. The fraction of sp³-hybridized carbons (Fsp3) is 1.00. The van der Waals surface area contributed by atoms with E-state index in [9.17, 15) is 0 Å². The van der Waals surface area contributed by atoms with Crippen molar-refractivity contribution in [2.24, 2.45) is 11.7 Å². The number of hydrogen-bond acceptors (Lipinski definition) is 3. The van der Waals surface area contributed by atoms with Crippen LogP contribution >= 0.6 is 0 Å². The van der Waals surface area contributed by atoms with E-state index in [2.05, 4.69) is 18.7 Å². The molecule has 0 spiro atoms. The highest BCUT2D eigenvalue weighted by molar-refractivity contribution is 4.81. The first-order chi connectivity index (χ1) is 7.46. The molecule has 0 radical (unpaired) electrons. The number of aliphatic hydroxyl groups is 1. The molecule has 0 amide bonds. The quantitative estimate of drug-likeness (QED) is 0.751. The van der Waals surface area contributed by atoms with E-state index in [1.165, 1.54) is 19.4 Å². The molecule has 3 unspecified atom stereocenters. The first-order valence-electron chi connectivity index (χ1n) is 6.60. The van der Waals surface area contributed by atoms with Gasteiger partial charge in [0.1, 0.15) is 0 Å². The number of hydrogen-bond donors (Lipinski definition) is 2. The molecule has 0 aliphatic carbocycles. The minimum atomic E-state index is -0.398. The third kappa shape index (κ3) is 4.04. The molecule has 0 saturated carbocycles. The normalized spacial score (nSPS) is 31.3. The summed E-state index contributed by atoms with van der Waals surface area (Å²) in [5, 5.41) is 9.09. The Kier molecular flexibility index (Phi) is 5.22. The lowest BCUT2D eigenvalue weighted by atomic mass is 9.91. The third-order valence-electron chi connectivity index (χ3n) is 4.06. The SMILES string of the molecule is CC1CCCN(CCCC(C)(N)CO)C1C. The van der Waals surface area contributed by atoms with Crippen LogP contribution in [0.1, 0.15) is 46.5 Å². The number of likely N-dealkylation sites (tertiary alicyclic amines) is 1. The van der Waals surface area contributed by atoms with E-state index in [1.54, 1.807) is 0 Å². The predicted octanol–water partition coefficient (Wildman–Crippen LogP) is 1.60. The molecule has 3 N–H and O–H groups in total. The fourth-order valence-electron chi connectivity index (χ4n) is 2.50. The maximum atomic E-state index is 9.09. The smallest absolute Gasteiger partial charge is 0.0608 e. The predicted molar refractivity (Wildman–Crippen MR) is 68.3 cm³/mol. The summed E-state index contributed by atoms with van der Waals surface area (Å²) in [6.45, 7) is 9.04. The van der Waals surface area contributed by atoms with Crippen molar-refractivity contribution in [3.63, 3.8) is 0 Å². The van der Waals surface area contributed by atoms with Crippen molar-refractivity contribution in [1.82, 2.24) is 4.90 Å². The van der Waals surface area contributed by atoms with Crippen molar-refractivity contribution in [2.75, 3.05) is 19.7 Å². The molecule has 3 nitrogen and oxygen atoms in total. The van der Waals surface area contributed by atoms with Gasteiger partial charge < -0.3 is 15.7 Å². The molecule has 1 saturated heterocycles. The van der Waals surface area contributed by atoms with E-state index >= 15 is 0 Å². The Morgan fingerprint density at radius 2 is 2.12 bits per heavy atom. The Morgan fingerprint density at radius 1 is 1.44 bits per heavy atom. The van der Waals surface area contributed by atoms with Crippen molar-refractivity contribution in [2.45, 2.75) is 58.0 Å². The molecular weight excluding hydrogens is 200 g/mol. The Bertz CT molecular complexity index is 206. The van der Waals surface area contributed by atoms with Crippen LogP contribution in [0.15, 0.2) is 0 Å². The Morgan fingerprint density at radius 3 is 2.75 bits per heavy atom. The van der Waals surface area contributed by atoms with E-state index < -0.39 is 5.54 Å². The fourth-order valence-corrected chi connectivity index (χ4v) is 2.50. The molecule has 1 aliphatic heterocycles. The van der Waals surface area contributed by atoms with Gasteiger partial charge in [-0.3, -0.25) is 0 Å². The molecule has 3 heteroatoms. The monoisotopic (exact) mass is 228 g/mol. The van der Waals surface area contributed by atoms with Crippen molar-refractivity contribution in [1.29, 1.82) is 0 Å². The second-order valence-electron chi connectivity index (χ2n) is 5.81. The van der Waals surface area contributed by atoms with Gasteiger partial charge in [0.05, 0.1) is 6.61 Å². The van der Waals surface area contributed by atoms with Gasteiger partial charge in [0, 0.05) is 11.6 Å². The Balaban J connectivity index is 2.27. The molecule has 3 atom stereocenters. The summed E-state index contributed by atoms with van der Waals surface area (Å²) in [5.41, 5.74) is 5.53. The summed E-state index contributed by atoms with van der Waals surface area (Å²) in [6.07, 6.45) is 4.68. The lowest BCUT2D eigenvalue weighted by Crippen LogP contribution is -2.44. The van der Waals surface area contributed by atoms with Gasteiger partial charge in [0.15, 0.2) is 0 Å². The number of rotatable bonds is 5. The molecule has 1 fully saturated rings. The molecule has 0 bridgehead atoms. The van der Waals surface area contributed by atoms with Crippen LogP contribution in [0, 0.1) is 5.92 Å². The largest absolute Gasteiger partial charge is 0.394 e. The highest BCUT2D eigenvalue weighted by atomic mass is 16.3. The topological polar surface area (TPSA) is 49.5 Å². The highest BCUT2D eigenvalue weighted by Gasteiger charge is 2.25. The minimum Gasteiger partial charge on any atom is -0.394 e. The van der Waals surface area contributed by atoms with E-state index in [-0.39, 0.29) is 6.61 Å². The molecular formula is C13H28N2O. The van der Waals surface area contributed by atoms with Gasteiger partial charge in [-0.1, -0.05) is 6.92 Å². The summed E-state index contributed by atoms with van der Waals surface area (Å²) in [7, 11) is 0. The molecule has 1 aliphatic rings. The summed E-state index contributed by atoms with van der Waals surface area (Å²) < 4.78 is 0. The zero-order chi connectivity index (χ0) is 12.2. The van der Waals surface area contributed by atoms with Gasteiger partial charge in [-0.15, -0.1) is 0 Å². The average Bonchev–Trinajstić information content (AvgIpc) is 2.24. The van der Waals surface area contributed by atoms with Crippen LogP contribution in [0.25, 0.3) is 0 Å². The molecule has 16 heavy (non-hydrogen) atoms. The van der Waals surface area contributed by atoms with Gasteiger partial charge in [-0.05, 0) is 58.5 Å². The highest BCUT2D eigenvalue weighted by Crippen LogP contribution is 2.23. The molecule has 96 valence electrons. The first kappa shape index (κ1) is 13.9. The number of aliphatic hydroxyl groups excluding tert-OH is 1. The summed E-state index contributed by atoms with van der Waals surface area (Å²) in [4.78, 5) is 2.57. The van der Waals surface area contributed by atoms with Crippen molar-refractivity contribution < 1.29 is 5.11 Å². The maximum absolute atomic E-state index is 9.09. The van der Waals surface area contributed by atoms with E-state index in [1.807, 2.05) is 6.92 Å². The standard InChI is InChI=1S/C13H28N2O/c1-11-6-4-8-15(12(11)2)9-5-7-13(3,14)10-16/h11-12,16H,4-10,14H2,1-3H3. The lowest BCUT2D eigenvalue weighted by Gasteiger charge is -2.38. The average molecular weight is 228 g/mol. The molecule has 1 rings (SSSR count). The van der Waals surface area contributed by atoms with E-state index in [4.69, 9.17) is 10.8 Å². The van der Waals surface area contributed by atoms with Crippen LogP contribution in [0.4, 0.5) is 0 Å². The molecule has 0 aromatic carbocycles. The van der Waals surface area contributed by atoms with Crippen LogP contribution < -0.4 is 5.73 Å². The zero-order valence-corrected chi connectivity index (χ0v) is 11.1. The molecule has 1 heterocycles. The minimum absolute atomic E-state index is 0.0823. The van der Waals surface area contributed by atoms with Gasteiger partial charge in [0.2, 0.25) is 0 Å². The maximum Gasteiger partial charge on any atom is 0.0608 e. The van der Waals surface area contributed by atoms with Crippen LogP contribution in [0.3, 0.4) is 0 Å². The summed E-state index contributed by atoms with van der Waals surface area (Å²) in [5.74, 6) is 0.816. The van der Waals surface area contributed by atoms with Crippen molar-refractivity contribution in [3.05, 3.63) is 0 Å². The van der Waals surface area contributed by atoms with Crippen LogP contribution in [-0.4, -0.2) is 41.3 Å². The van der Waals surface area contributed by atoms with Crippen LogP contribution in [-0.2, 0) is 0 Å². The van der Waals surface area contributed by atoms with Gasteiger partial charge in [-0.2, -0.15) is 0 Å². The van der Waals surface area contributed by atoms with Gasteiger partial charge >= 0.3 is 0 Å². The number of nitrogens with two attached hydrogens (primary N) is 1. The van der Waals surface area contributed by atoms with Crippen LogP contribution in [0.2, 0.25) is 0 Å². The van der Waals surface area contributed by atoms with E-state index in [0.29, 0.717) is 6.04 Å². The third-order valence-corrected chi connectivity index (χ3v) is 4.06.